The number of rotatable bonds is 3. The summed E-state index contributed by atoms with van der Waals surface area (Å²) in [5.41, 5.74) is 5.19. The Hall–Kier alpha value is -1.26. The smallest absolute Gasteiger partial charge is 0.234 e. The Labute approximate surface area is 108 Å². The first-order valence-corrected chi connectivity index (χ1v) is 6.71. The number of nitrogens with zero attached hydrogens (tertiary/aromatic N) is 1. The molecule has 1 amide bonds. The maximum absolute atomic E-state index is 12.5. The molecule has 0 spiro atoms. The van der Waals surface area contributed by atoms with Gasteiger partial charge in [0.05, 0.1) is 0 Å². The Kier molecular flexibility index (Phi) is 3.25. The van der Waals surface area contributed by atoms with Crippen LogP contribution in [0.15, 0.2) is 5.16 Å². The Morgan fingerprint density at radius 2 is 1.89 bits per heavy atom. The number of amides is 1. The van der Waals surface area contributed by atoms with E-state index in [1.54, 1.807) is 0 Å². The van der Waals surface area contributed by atoms with Crippen LogP contribution in [0.2, 0.25) is 0 Å². The van der Waals surface area contributed by atoms with Crippen LogP contribution in [0.3, 0.4) is 0 Å². The van der Waals surface area contributed by atoms with Crippen LogP contribution in [-0.4, -0.2) is 23.0 Å². The fourth-order valence-electron chi connectivity index (χ4n) is 2.86. The van der Waals surface area contributed by atoms with Gasteiger partial charge in [0.1, 0.15) is 5.41 Å². The summed E-state index contributed by atoms with van der Waals surface area (Å²) in [5.74, 6) is 0.00577. The van der Waals surface area contributed by atoms with Crippen molar-refractivity contribution in [3.63, 3.8) is 0 Å². The van der Waals surface area contributed by atoms with E-state index >= 15 is 0 Å². The van der Waals surface area contributed by atoms with Crippen molar-refractivity contribution in [2.24, 2.45) is 21.7 Å². The zero-order valence-electron chi connectivity index (χ0n) is 11.2. The fourth-order valence-corrected chi connectivity index (χ4v) is 2.86. The first kappa shape index (κ1) is 13.2. The minimum atomic E-state index is -0.786. The van der Waals surface area contributed by atoms with E-state index in [0.29, 0.717) is 12.8 Å². The van der Waals surface area contributed by atoms with Crippen LogP contribution >= 0.6 is 0 Å². The number of hydrogen-bond acceptors (Lipinski definition) is 3. The molecular weight excluding hydrogens is 230 g/mol. The number of amidine groups is 1. The lowest BCUT2D eigenvalue weighted by atomic mass is 9.72. The van der Waals surface area contributed by atoms with Gasteiger partial charge in [0.25, 0.3) is 0 Å². The van der Waals surface area contributed by atoms with Crippen molar-refractivity contribution >= 4 is 11.7 Å². The van der Waals surface area contributed by atoms with Gasteiger partial charge in [0.2, 0.25) is 5.91 Å². The molecule has 0 heterocycles. The van der Waals surface area contributed by atoms with Crippen LogP contribution in [0.25, 0.3) is 0 Å². The first-order valence-electron chi connectivity index (χ1n) is 6.71. The molecule has 5 heteroatoms. The molecule has 4 N–H and O–H groups in total. The van der Waals surface area contributed by atoms with E-state index in [2.05, 4.69) is 24.3 Å². The number of nitrogens with two attached hydrogens (primary N) is 1. The Morgan fingerprint density at radius 1 is 1.33 bits per heavy atom. The van der Waals surface area contributed by atoms with Gasteiger partial charge in [-0.05, 0) is 24.7 Å². The lowest BCUT2D eigenvalue weighted by Crippen LogP contribution is -2.51. The van der Waals surface area contributed by atoms with Crippen molar-refractivity contribution in [3.05, 3.63) is 0 Å². The molecule has 0 aromatic carbocycles. The summed E-state index contributed by atoms with van der Waals surface area (Å²) in [4.78, 5) is 12.5. The van der Waals surface area contributed by atoms with Crippen molar-refractivity contribution in [3.8, 4) is 0 Å². The average Bonchev–Trinajstić information content (AvgIpc) is 2.96. The fraction of sp³-hybridized carbons (Fsp3) is 0.846. The maximum atomic E-state index is 12.5. The van der Waals surface area contributed by atoms with Crippen molar-refractivity contribution in [2.75, 3.05) is 0 Å². The molecule has 2 fully saturated rings. The van der Waals surface area contributed by atoms with Gasteiger partial charge >= 0.3 is 0 Å². The molecule has 0 bridgehead atoms. The van der Waals surface area contributed by atoms with Gasteiger partial charge in [-0.3, -0.25) is 4.79 Å². The highest BCUT2D eigenvalue weighted by molar-refractivity contribution is 6.07. The summed E-state index contributed by atoms with van der Waals surface area (Å²) in [6.45, 7) is 4.27. The molecular formula is C13H23N3O2. The van der Waals surface area contributed by atoms with Gasteiger partial charge in [0.15, 0.2) is 5.84 Å². The van der Waals surface area contributed by atoms with E-state index in [9.17, 15) is 4.79 Å². The van der Waals surface area contributed by atoms with E-state index in [4.69, 9.17) is 10.9 Å². The molecule has 0 aromatic heterocycles. The predicted octanol–water partition coefficient (Wildman–Crippen LogP) is 1.60. The zero-order chi connectivity index (χ0) is 13.4. The van der Waals surface area contributed by atoms with Crippen LogP contribution < -0.4 is 11.1 Å². The summed E-state index contributed by atoms with van der Waals surface area (Å²) in [7, 11) is 0. The van der Waals surface area contributed by atoms with Crippen LogP contribution in [0.1, 0.15) is 52.4 Å². The second-order valence-electron chi connectivity index (χ2n) is 6.35. The largest absolute Gasteiger partial charge is 0.409 e. The van der Waals surface area contributed by atoms with E-state index in [-0.39, 0.29) is 23.2 Å². The molecule has 18 heavy (non-hydrogen) atoms. The third kappa shape index (κ3) is 2.18. The monoisotopic (exact) mass is 253 g/mol. The summed E-state index contributed by atoms with van der Waals surface area (Å²) in [6, 6.07) is 0.232. The number of carbonyl (C=O) groups is 1. The van der Waals surface area contributed by atoms with Gasteiger partial charge in [-0.1, -0.05) is 38.3 Å². The highest BCUT2D eigenvalue weighted by Gasteiger charge is 2.51. The normalized spacial score (nSPS) is 29.7. The zero-order valence-corrected chi connectivity index (χ0v) is 11.2. The number of hydrogen-bond donors (Lipinski definition) is 3. The maximum Gasteiger partial charge on any atom is 0.234 e. The van der Waals surface area contributed by atoms with Gasteiger partial charge in [-0.25, -0.2) is 0 Å². The molecule has 2 saturated carbocycles. The highest BCUT2D eigenvalue weighted by Crippen LogP contribution is 2.46. The van der Waals surface area contributed by atoms with E-state index < -0.39 is 5.41 Å². The lowest BCUT2D eigenvalue weighted by Gasteiger charge is -2.34. The molecule has 2 aliphatic rings. The number of oxime groups is 1. The van der Waals surface area contributed by atoms with Crippen LogP contribution in [-0.2, 0) is 4.79 Å². The van der Waals surface area contributed by atoms with E-state index in [0.717, 1.165) is 25.7 Å². The topological polar surface area (TPSA) is 87.7 Å². The van der Waals surface area contributed by atoms with Crippen molar-refractivity contribution in [1.29, 1.82) is 0 Å². The molecule has 0 saturated heterocycles. The second-order valence-corrected chi connectivity index (χ2v) is 6.35. The standard InChI is InChI=1S/C13H23N3O2/c1-12(2)8-9(12)15-11(17)13(10(14)16-18)6-4-3-5-7-13/h9,18H,3-8H2,1-2H3,(H2,14,16)(H,15,17). The molecule has 1 atom stereocenters. The summed E-state index contributed by atoms with van der Waals surface area (Å²) >= 11 is 0. The van der Waals surface area contributed by atoms with E-state index in [1.165, 1.54) is 0 Å². The van der Waals surface area contributed by atoms with Crippen LogP contribution in [0.4, 0.5) is 0 Å². The SMILES string of the molecule is CC1(C)CC1NC(=O)C1(C(N)=NO)CCCCC1. The Balaban J connectivity index is 2.11. The Bertz CT molecular complexity index is 370. The molecule has 102 valence electrons. The molecule has 5 nitrogen and oxygen atoms in total. The molecule has 0 aromatic rings. The molecule has 2 rings (SSSR count). The lowest BCUT2D eigenvalue weighted by molar-refractivity contribution is -0.129. The molecule has 2 aliphatic carbocycles. The van der Waals surface area contributed by atoms with Gasteiger partial charge < -0.3 is 16.3 Å². The summed E-state index contributed by atoms with van der Waals surface area (Å²) < 4.78 is 0. The van der Waals surface area contributed by atoms with Crippen LogP contribution in [0.5, 0.6) is 0 Å². The van der Waals surface area contributed by atoms with Crippen LogP contribution in [0, 0.1) is 10.8 Å². The number of nitrogens with one attached hydrogen (secondary N) is 1. The van der Waals surface area contributed by atoms with Crippen molar-refractivity contribution in [2.45, 2.75) is 58.4 Å². The van der Waals surface area contributed by atoms with E-state index in [1.807, 2.05) is 0 Å². The molecule has 0 aliphatic heterocycles. The summed E-state index contributed by atoms with van der Waals surface area (Å²) in [6.07, 6.45) is 5.40. The Morgan fingerprint density at radius 3 is 2.33 bits per heavy atom. The molecule has 0 radical (unpaired) electrons. The molecule has 1 unspecified atom stereocenters. The minimum Gasteiger partial charge on any atom is -0.409 e. The van der Waals surface area contributed by atoms with Crippen molar-refractivity contribution in [1.82, 2.24) is 5.32 Å². The van der Waals surface area contributed by atoms with Gasteiger partial charge in [-0.2, -0.15) is 0 Å². The highest BCUT2D eigenvalue weighted by atomic mass is 16.4. The third-order valence-electron chi connectivity index (χ3n) is 4.56. The minimum absolute atomic E-state index is 0.0620. The number of carbonyl (C=O) groups excluding carboxylic acids is 1. The average molecular weight is 253 g/mol. The summed E-state index contributed by atoms with van der Waals surface area (Å²) in [5, 5.41) is 15.1. The van der Waals surface area contributed by atoms with Crippen molar-refractivity contribution < 1.29 is 10.0 Å². The van der Waals surface area contributed by atoms with Gasteiger partial charge in [-0.15, -0.1) is 0 Å². The predicted molar refractivity (Wildman–Crippen MR) is 69.3 cm³/mol. The third-order valence-corrected chi connectivity index (χ3v) is 4.56. The van der Waals surface area contributed by atoms with Gasteiger partial charge in [0, 0.05) is 6.04 Å². The quantitative estimate of drug-likeness (QED) is 0.309. The first-order chi connectivity index (χ1) is 8.42. The second kappa shape index (κ2) is 4.44.